The molecule has 0 aromatic heterocycles. The molecule has 0 aliphatic rings. The van der Waals surface area contributed by atoms with E-state index in [2.05, 4.69) is 0 Å². The van der Waals surface area contributed by atoms with Gasteiger partial charge in [0, 0.05) is 12.4 Å². The Kier molecular flexibility index (Phi) is 5.27. The normalized spacial score (nSPS) is 17.2. The first-order valence-electron chi connectivity index (χ1n) is 2.20. The van der Waals surface area contributed by atoms with Crippen molar-refractivity contribution in [1.29, 1.82) is 0 Å². The molecule has 0 aromatic rings. The summed E-state index contributed by atoms with van der Waals surface area (Å²) in [7, 11) is 0. The van der Waals surface area contributed by atoms with Crippen LogP contribution in [-0.4, -0.2) is 26.8 Å². The van der Waals surface area contributed by atoms with Gasteiger partial charge < -0.3 is 4.55 Å². The summed E-state index contributed by atoms with van der Waals surface area (Å²) in [5.41, 5.74) is -2.00. The average Bonchev–Trinajstić information content (AvgIpc) is 1.82. The molecule has 0 radical (unpaired) electrons. The standard InChI is InChI=1S/C3H7ClFNO2S/c4-1-2-6-3(5)9(7)8/h3,6H,1-2H2,(H,7,8)/p-1. The highest BCUT2D eigenvalue weighted by molar-refractivity contribution is 7.79. The molecule has 0 spiro atoms. The molecule has 2 atom stereocenters. The average molecular weight is 175 g/mol. The minimum Gasteiger partial charge on any atom is -0.769 e. The molecule has 0 aliphatic heterocycles. The Hall–Kier alpha value is 0.290. The van der Waals surface area contributed by atoms with Crippen molar-refractivity contribution in [3.63, 3.8) is 0 Å². The summed E-state index contributed by atoms with van der Waals surface area (Å²) in [5.74, 6) is 0.192. The highest BCUT2D eigenvalue weighted by atomic mass is 35.5. The minimum atomic E-state index is -2.70. The molecular formula is C3H6ClFNO2S-. The van der Waals surface area contributed by atoms with Gasteiger partial charge in [-0.05, 0) is 11.1 Å². The highest BCUT2D eigenvalue weighted by Crippen LogP contribution is 1.88. The lowest BCUT2D eigenvalue weighted by Gasteiger charge is -2.10. The predicted octanol–water partition coefficient (Wildman–Crippen LogP) is -0.0530. The smallest absolute Gasteiger partial charge is 0.213 e. The number of alkyl halides is 2. The Morgan fingerprint density at radius 2 is 2.44 bits per heavy atom. The fourth-order valence-corrected chi connectivity index (χ4v) is 0.599. The van der Waals surface area contributed by atoms with Gasteiger partial charge in [0.1, 0.15) is 0 Å². The Bertz CT molecular complexity index is 104. The molecule has 3 nitrogen and oxygen atoms in total. The molecule has 0 aromatic carbocycles. The van der Waals surface area contributed by atoms with Crippen molar-refractivity contribution in [3.05, 3.63) is 0 Å². The summed E-state index contributed by atoms with van der Waals surface area (Å²) in [6.07, 6.45) is 0. The van der Waals surface area contributed by atoms with Crippen molar-refractivity contribution in [3.8, 4) is 0 Å². The summed E-state index contributed by atoms with van der Waals surface area (Å²) in [6.45, 7) is 0.150. The molecule has 2 unspecified atom stereocenters. The quantitative estimate of drug-likeness (QED) is 0.369. The molecule has 0 amide bonds. The number of rotatable bonds is 4. The summed E-state index contributed by atoms with van der Waals surface area (Å²) >= 11 is 2.42. The van der Waals surface area contributed by atoms with E-state index in [0.29, 0.717) is 0 Å². The van der Waals surface area contributed by atoms with Gasteiger partial charge in [-0.2, -0.15) is 0 Å². The van der Waals surface area contributed by atoms with E-state index in [1.54, 1.807) is 0 Å². The zero-order valence-electron chi connectivity index (χ0n) is 4.47. The van der Waals surface area contributed by atoms with Gasteiger partial charge in [0.05, 0.1) is 0 Å². The van der Waals surface area contributed by atoms with E-state index in [0.717, 1.165) is 0 Å². The van der Waals surface area contributed by atoms with E-state index >= 15 is 0 Å². The first-order chi connectivity index (χ1) is 4.18. The zero-order valence-corrected chi connectivity index (χ0v) is 6.04. The Labute approximate surface area is 59.9 Å². The fourth-order valence-electron chi connectivity index (χ4n) is 0.236. The van der Waals surface area contributed by atoms with Crippen LogP contribution >= 0.6 is 11.6 Å². The first kappa shape index (κ1) is 9.29. The summed E-state index contributed by atoms with van der Waals surface area (Å²) in [5, 5.41) is 2.02. The van der Waals surface area contributed by atoms with Gasteiger partial charge in [-0.25, -0.2) is 4.39 Å². The third-order valence-corrected chi connectivity index (χ3v) is 1.26. The van der Waals surface area contributed by atoms with Gasteiger partial charge in [-0.3, -0.25) is 9.53 Å². The molecule has 0 bridgehead atoms. The molecule has 0 rings (SSSR count). The van der Waals surface area contributed by atoms with Crippen LogP contribution in [0.15, 0.2) is 0 Å². The van der Waals surface area contributed by atoms with Crippen molar-refractivity contribution >= 4 is 22.7 Å². The molecule has 0 saturated carbocycles. The van der Waals surface area contributed by atoms with Crippen LogP contribution in [0.25, 0.3) is 0 Å². The second-order valence-corrected chi connectivity index (χ2v) is 2.53. The van der Waals surface area contributed by atoms with Gasteiger partial charge in [0.25, 0.3) is 0 Å². The molecule has 6 heteroatoms. The maximum Gasteiger partial charge on any atom is 0.213 e. The van der Waals surface area contributed by atoms with E-state index < -0.39 is 16.7 Å². The molecule has 56 valence electrons. The van der Waals surface area contributed by atoms with Crippen LogP contribution in [0.3, 0.4) is 0 Å². The Balaban J connectivity index is 3.27. The van der Waals surface area contributed by atoms with E-state index in [1.807, 2.05) is 5.32 Å². The second kappa shape index (κ2) is 5.10. The van der Waals surface area contributed by atoms with Gasteiger partial charge in [-0.1, -0.05) is 0 Å². The van der Waals surface area contributed by atoms with Crippen LogP contribution in [-0.2, 0) is 11.1 Å². The SMILES string of the molecule is O=S([O-])C(F)NCCCl. The summed E-state index contributed by atoms with van der Waals surface area (Å²) < 4.78 is 31.4. The van der Waals surface area contributed by atoms with E-state index in [4.69, 9.17) is 11.6 Å². The lowest BCUT2D eigenvalue weighted by molar-refractivity contribution is 0.354. The van der Waals surface area contributed by atoms with Crippen LogP contribution in [0.4, 0.5) is 4.39 Å². The van der Waals surface area contributed by atoms with Crippen LogP contribution in [0.1, 0.15) is 0 Å². The van der Waals surface area contributed by atoms with Crippen LogP contribution in [0.2, 0.25) is 0 Å². The summed E-state index contributed by atoms with van der Waals surface area (Å²) in [4.78, 5) is 0. The molecule has 9 heavy (non-hydrogen) atoms. The van der Waals surface area contributed by atoms with Gasteiger partial charge in [0.15, 0.2) is 0 Å². The number of hydrogen-bond acceptors (Lipinski definition) is 3. The topological polar surface area (TPSA) is 52.2 Å². The van der Waals surface area contributed by atoms with Crippen molar-refractivity contribution in [2.45, 2.75) is 5.63 Å². The lowest BCUT2D eigenvalue weighted by atomic mass is 10.8. The van der Waals surface area contributed by atoms with Gasteiger partial charge in [0.2, 0.25) is 5.63 Å². The lowest BCUT2D eigenvalue weighted by Crippen LogP contribution is -2.30. The molecule has 0 fully saturated rings. The maximum atomic E-state index is 11.9. The van der Waals surface area contributed by atoms with Crippen molar-refractivity contribution in [2.75, 3.05) is 12.4 Å². The molecule has 0 aliphatic carbocycles. The zero-order chi connectivity index (χ0) is 7.28. The molecular weight excluding hydrogens is 169 g/mol. The number of hydrogen-bond donors (Lipinski definition) is 1. The van der Waals surface area contributed by atoms with E-state index in [9.17, 15) is 13.2 Å². The number of nitrogens with one attached hydrogen (secondary N) is 1. The van der Waals surface area contributed by atoms with Crippen molar-refractivity contribution in [2.24, 2.45) is 0 Å². The minimum absolute atomic E-state index is 0.150. The number of halogens is 2. The van der Waals surface area contributed by atoms with Gasteiger partial charge in [-0.15, -0.1) is 11.6 Å². The van der Waals surface area contributed by atoms with Crippen LogP contribution in [0.5, 0.6) is 0 Å². The van der Waals surface area contributed by atoms with Crippen molar-refractivity contribution < 1.29 is 13.2 Å². The second-order valence-electron chi connectivity index (χ2n) is 1.22. The maximum absolute atomic E-state index is 11.9. The molecule has 1 N–H and O–H groups in total. The Morgan fingerprint density at radius 1 is 1.89 bits per heavy atom. The largest absolute Gasteiger partial charge is 0.769 e. The van der Waals surface area contributed by atoms with Crippen LogP contribution < -0.4 is 5.32 Å². The van der Waals surface area contributed by atoms with E-state index in [1.165, 1.54) is 0 Å². The van der Waals surface area contributed by atoms with E-state index in [-0.39, 0.29) is 12.4 Å². The predicted molar refractivity (Wildman–Crippen MR) is 32.5 cm³/mol. The van der Waals surface area contributed by atoms with Crippen molar-refractivity contribution in [1.82, 2.24) is 5.32 Å². The van der Waals surface area contributed by atoms with Crippen LogP contribution in [0, 0.1) is 0 Å². The first-order valence-corrected chi connectivity index (χ1v) is 3.87. The Morgan fingerprint density at radius 3 is 2.78 bits per heavy atom. The molecule has 0 heterocycles. The van der Waals surface area contributed by atoms with Gasteiger partial charge >= 0.3 is 0 Å². The molecule has 0 saturated heterocycles. The third-order valence-electron chi connectivity index (χ3n) is 0.568. The monoisotopic (exact) mass is 174 g/mol. The highest BCUT2D eigenvalue weighted by Gasteiger charge is 2.01. The fraction of sp³-hybridized carbons (Fsp3) is 1.00. The third kappa shape index (κ3) is 4.77. The summed E-state index contributed by atoms with van der Waals surface area (Å²) in [6, 6.07) is 0.